The van der Waals surface area contributed by atoms with E-state index in [2.05, 4.69) is 26.9 Å². The van der Waals surface area contributed by atoms with Gasteiger partial charge < -0.3 is 14.2 Å². The van der Waals surface area contributed by atoms with E-state index in [9.17, 15) is 0 Å². The van der Waals surface area contributed by atoms with Crippen molar-refractivity contribution in [1.29, 1.82) is 0 Å². The SMILES string of the molecule is Cc1ncc(-c2cc(N(C)C3CCOCC3)ncn2)n1C. The van der Waals surface area contributed by atoms with Gasteiger partial charge in [-0.05, 0) is 19.8 Å². The molecule has 0 aromatic carbocycles. The molecule has 2 aromatic rings. The summed E-state index contributed by atoms with van der Waals surface area (Å²) in [5.41, 5.74) is 1.92. The predicted octanol–water partition coefficient (Wildman–Crippen LogP) is 1.80. The molecule has 0 amide bonds. The molecular formula is C15H21N5O. The fraction of sp³-hybridized carbons (Fsp3) is 0.533. The third-order valence-corrected chi connectivity index (χ3v) is 4.24. The number of hydrogen-bond acceptors (Lipinski definition) is 5. The van der Waals surface area contributed by atoms with Gasteiger partial charge in [0.2, 0.25) is 0 Å². The minimum absolute atomic E-state index is 0.481. The lowest BCUT2D eigenvalue weighted by molar-refractivity contribution is 0.0853. The van der Waals surface area contributed by atoms with Crippen LogP contribution in [-0.4, -0.2) is 45.8 Å². The van der Waals surface area contributed by atoms with Gasteiger partial charge in [0.05, 0.1) is 17.6 Å². The summed E-state index contributed by atoms with van der Waals surface area (Å²) in [6.45, 7) is 3.64. The number of aromatic nitrogens is 4. The van der Waals surface area contributed by atoms with E-state index in [1.54, 1.807) is 6.33 Å². The van der Waals surface area contributed by atoms with E-state index >= 15 is 0 Å². The highest BCUT2D eigenvalue weighted by atomic mass is 16.5. The zero-order chi connectivity index (χ0) is 14.8. The van der Waals surface area contributed by atoms with Crippen molar-refractivity contribution in [1.82, 2.24) is 19.5 Å². The van der Waals surface area contributed by atoms with Crippen LogP contribution in [-0.2, 0) is 11.8 Å². The highest BCUT2D eigenvalue weighted by Crippen LogP contribution is 2.23. The second kappa shape index (κ2) is 5.81. The first-order chi connectivity index (χ1) is 10.2. The second-order valence-corrected chi connectivity index (χ2v) is 5.47. The monoisotopic (exact) mass is 287 g/mol. The molecule has 1 fully saturated rings. The Labute approximate surface area is 124 Å². The number of hydrogen-bond donors (Lipinski definition) is 0. The normalized spacial score (nSPS) is 16.1. The van der Waals surface area contributed by atoms with Gasteiger partial charge in [-0.1, -0.05) is 0 Å². The predicted molar refractivity (Wildman–Crippen MR) is 81.2 cm³/mol. The van der Waals surface area contributed by atoms with E-state index in [0.29, 0.717) is 6.04 Å². The van der Waals surface area contributed by atoms with Crippen LogP contribution in [0.2, 0.25) is 0 Å². The van der Waals surface area contributed by atoms with Gasteiger partial charge in [-0.3, -0.25) is 0 Å². The summed E-state index contributed by atoms with van der Waals surface area (Å²) in [5, 5.41) is 0. The van der Waals surface area contributed by atoms with Gasteiger partial charge in [-0.15, -0.1) is 0 Å². The molecule has 0 saturated carbocycles. The number of aryl methyl sites for hydroxylation is 1. The molecule has 6 nitrogen and oxygen atoms in total. The number of nitrogens with zero attached hydrogens (tertiary/aromatic N) is 5. The van der Waals surface area contributed by atoms with Crippen molar-refractivity contribution >= 4 is 5.82 Å². The minimum atomic E-state index is 0.481. The maximum absolute atomic E-state index is 5.43. The van der Waals surface area contributed by atoms with Crippen molar-refractivity contribution in [3.8, 4) is 11.4 Å². The molecule has 6 heteroatoms. The van der Waals surface area contributed by atoms with Gasteiger partial charge in [0, 0.05) is 39.4 Å². The van der Waals surface area contributed by atoms with E-state index in [1.807, 2.05) is 30.8 Å². The maximum Gasteiger partial charge on any atom is 0.132 e. The first-order valence-electron chi connectivity index (χ1n) is 7.28. The standard InChI is InChI=1S/C15H21N5O/c1-11-16-9-14(19(11)2)13-8-15(18-10-17-13)20(3)12-4-6-21-7-5-12/h8-10,12H,4-7H2,1-3H3. The number of ether oxygens (including phenoxy) is 1. The van der Waals surface area contributed by atoms with Crippen LogP contribution < -0.4 is 4.90 Å². The molecular weight excluding hydrogens is 266 g/mol. The Kier molecular flexibility index (Phi) is 3.88. The van der Waals surface area contributed by atoms with Gasteiger partial charge in [0.1, 0.15) is 18.0 Å². The van der Waals surface area contributed by atoms with E-state index in [4.69, 9.17) is 4.74 Å². The molecule has 21 heavy (non-hydrogen) atoms. The second-order valence-electron chi connectivity index (χ2n) is 5.47. The Morgan fingerprint density at radius 1 is 1.24 bits per heavy atom. The molecule has 0 aliphatic carbocycles. The van der Waals surface area contributed by atoms with Crippen LogP contribution in [0, 0.1) is 6.92 Å². The van der Waals surface area contributed by atoms with Gasteiger partial charge >= 0.3 is 0 Å². The van der Waals surface area contributed by atoms with Crippen molar-refractivity contribution in [2.75, 3.05) is 25.2 Å². The number of imidazole rings is 1. The van der Waals surface area contributed by atoms with Gasteiger partial charge in [0.15, 0.2) is 0 Å². The molecule has 0 bridgehead atoms. The molecule has 0 N–H and O–H groups in total. The fourth-order valence-corrected chi connectivity index (χ4v) is 2.68. The average Bonchev–Trinajstić information content (AvgIpc) is 2.87. The Morgan fingerprint density at radius 3 is 2.67 bits per heavy atom. The van der Waals surface area contributed by atoms with Crippen molar-refractivity contribution in [3.63, 3.8) is 0 Å². The molecule has 3 heterocycles. The molecule has 0 spiro atoms. The average molecular weight is 287 g/mol. The molecule has 3 rings (SSSR count). The van der Waals surface area contributed by atoms with Crippen molar-refractivity contribution in [2.45, 2.75) is 25.8 Å². The van der Waals surface area contributed by atoms with E-state index in [1.165, 1.54) is 0 Å². The Morgan fingerprint density at radius 2 is 2.00 bits per heavy atom. The first-order valence-corrected chi connectivity index (χ1v) is 7.28. The molecule has 1 aliphatic heterocycles. The summed E-state index contributed by atoms with van der Waals surface area (Å²) in [6.07, 6.45) is 5.57. The summed E-state index contributed by atoms with van der Waals surface area (Å²) in [5.74, 6) is 1.92. The van der Waals surface area contributed by atoms with Crippen LogP contribution in [0.1, 0.15) is 18.7 Å². The Hall–Kier alpha value is -1.95. The van der Waals surface area contributed by atoms with E-state index < -0.39 is 0 Å². The van der Waals surface area contributed by atoms with Crippen LogP contribution in [0.4, 0.5) is 5.82 Å². The molecule has 0 radical (unpaired) electrons. The Balaban J connectivity index is 1.87. The lowest BCUT2D eigenvalue weighted by Crippen LogP contribution is -2.37. The van der Waals surface area contributed by atoms with Crippen LogP contribution in [0.3, 0.4) is 0 Å². The van der Waals surface area contributed by atoms with Crippen LogP contribution >= 0.6 is 0 Å². The van der Waals surface area contributed by atoms with Crippen LogP contribution in [0.25, 0.3) is 11.4 Å². The topological polar surface area (TPSA) is 56.1 Å². The lowest BCUT2D eigenvalue weighted by atomic mass is 10.1. The third kappa shape index (κ3) is 2.76. The maximum atomic E-state index is 5.43. The summed E-state index contributed by atoms with van der Waals surface area (Å²) < 4.78 is 7.47. The molecule has 1 aliphatic rings. The van der Waals surface area contributed by atoms with E-state index in [-0.39, 0.29) is 0 Å². The summed E-state index contributed by atoms with van der Waals surface area (Å²) in [4.78, 5) is 15.4. The van der Waals surface area contributed by atoms with Crippen molar-refractivity contribution < 1.29 is 4.74 Å². The minimum Gasteiger partial charge on any atom is -0.381 e. The van der Waals surface area contributed by atoms with Crippen molar-refractivity contribution in [2.24, 2.45) is 7.05 Å². The van der Waals surface area contributed by atoms with E-state index in [0.717, 1.165) is 49.1 Å². The third-order valence-electron chi connectivity index (χ3n) is 4.24. The highest BCUT2D eigenvalue weighted by molar-refractivity contribution is 5.59. The first kappa shape index (κ1) is 14.0. The Bertz CT molecular complexity index is 618. The van der Waals surface area contributed by atoms with Crippen molar-refractivity contribution in [3.05, 3.63) is 24.4 Å². The van der Waals surface area contributed by atoms with Crippen LogP contribution in [0.15, 0.2) is 18.6 Å². The quantitative estimate of drug-likeness (QED) is 0.861. The largest absolute Gasteiger partial charge is 0.381 e. The fourth-order valence-electron chi connectivity index (χ4n) is 2.68. The highest BCUT2D eigenvalue weighted by Gasteiger charge is 2.20. The summed E-state index contributed by atoms with van der Waals surface area (Å²) in [7, 11) is 4.10. The summed E-state index contributed by atoms with van der Waals surface area (Å²) >= 11 is 0. The van der Waals surface area contributed by atoms with Gasteiger partial charge in [-0.25, -0.2) is 15.0 Å². The molecule has 0 atom stereocenters. The van der Waals surface area contributed by atoms with Crippen LogP contribution in [0.5, 0.6) is 0 Å². The zero-order valence-corrected chi connectivity index (χ0v) is 12.8. The van der Waals surface area contributed by atoms with Gasteiger partial charge in [0.25, 0.3) is 0 Å². The number of anilines is 1. The number of rotatable bonds is 3. The molecule has 112 valence electrons. The zero-order valence-electron chi connectivity index (χ0n) is 12.8. The van der Waals surface area contributed by atoms with Gasteiger partial charge in [-0.2, -0.15) is 0 Å². The molecule has 1 saturated heterocycles. The molecule has 2 aromatic heterocycles. The summed E-state index contributed by atoms with van der Waals surface area (Å²) in [6, 6.07) is 2.51. The molecule has 0 unspecified atom stereocenters. The smallest absolute Gasteiger partial charge is 0.132 e. The lowest BCUT2D eigenvalue weighted by Gasteiger charge is -2.32.